The Hall–Kier alpha value is -1.79. The fourth-order valence-electron chi connectivity index (χ4n) is 4.23. The van der Waals surface area contributed by atoms with Gasteiger partial charge in [0.15, 0.2) is 11.5 Å². The molecule has 2 saturated heterocycles. The van der Waals surface area contributed by atoms with Crippen molar-refractivity contribution in [3.63, 3.8) is 0 Å². The van der Waals surface area contributed by atoms with Crippen LogP contribution in [0.4, 0.5) is 0 Å². The first-order valence-corrected chi connectivity index (χ1v) is 9.90. The molecule has 0 saturated carbocycles. The molecule has 2 aliphatic rings. The minimum Gasteiger partial charge on any atom is -0.493 e. The summed E-state index contributed by atoms with van der Waals surface area (Å²) >= 11 is 0. The highest BCUT2D eigenvalue weighted by molar-refractivity contribution is 5.79. The predicted molar refractivity (Wildman–Crippen MR) is 104 cm³/mol. The van der Waals surface area contributed by atoms with Crippen LogP contribution in [0.3, 0.4) is 0 Å². The van der Waals surface area contributed by atoms with Gasteiger partial charge in [-0.15, -0.1) is 0 Å². The van der Waals surface area contributed by atoms with E-state index in [0.29, 0.717) is 30.1 Å². The van der Waals surface area contributed by atoms with Crippen LogP contribution in [0.2, 0.25) is 0 Å². The van der Waals surface area contributed by atoms with E-state index in [2.05, 4.69) is 4.90 Å². The van der Waals surface area contributed by atoms with Crippen LogP contribution in [0, 0.1) is 0 Å². The predicted octanol–water partition coefficient (Wildman–Crippen LogP) is 2.35. The number of ether oxygens (including phenoxy) is 3. The Kier molecular flexibility index (Phi) is 6.96. The van der Waals surface area contributed by atoms with E-state index in [4.69, 9.17) is 14.2 Å². The van der Waals surface area contributed by atoms with Crippen molar-refractivity contribution >= 4 is 5.91 Å². The smallest absolute Gasteiger partial charge is 0.226 e. The second-order valence-electron chi connectivity index (χ2n) is 7.45. The van der Waals surface area contributed by atoms with Gasteiger partial charge in [-0.2, -0.15) is 0 Å². The van der Waals surface area contributed by atoms with E-state index in [-0.39, 0.29) is 5.91 Å². The average Bonchev–Trinajstić information content (AvgIpc) is 2.73. The third-order valence-corrected chi connectivity index (χ3v) is 5.95. The van der Waals surface area contributed by atoms with Crippen molar-refractivity contribution in [1.82, 2.24) is 9.80 Å². The van der Waals surface area contributed by atoms with Crippen molar-refractivity contribution in [3.05, 3.63) is 23.8 Å². The van der Waals surface area contributed by atoms with Gasteiger partial charge < -0.3 is 24.0 Å². The molecule has 0 aliphatic carbocycles. The molecular weight excluding hydrogens is 344 g/mol. The Balaban J connectivity index is 1.49. The van der Waals surface area contributed by atoms with Crippen molar-refractivity contribution in [3.8, 4) is 11.5 Å². The van der Waals surface area contributed by atoms with Gasteiger partial charge in [0.05, 0.1) is 26.7 Å². The first kappa shape index (κ1) is 20.0. The molecule has 0 radical (unpaired) electrons. The lowest BCUT2D eigenvalue weighted by atomic mass is 9.98. The second kappa shape index (κ2) is 9.42. The number of likely N-dealkylation sites (tertiary alicyclic amines) is 2. The number of rotatable bonds is 6. The lowest BCUT2D eigenvalue weighted by Crippen LogP contribution is -2.50. The maximum atomic E-state index is 12.7. The maximum absolute atomic E-state index is 12.7. The highest BCUT2D eigenvalue weighted by Crippen LogP contribution is 2.28. The summed E-state index contributed by atoms with van der Waals surface area (Å²) in [6.45, 7) is 3.92. The van der Waals surface area contributed by atoms with Crippen LogP contribution in [-0.4, -0.2) is 75.4 Å². The van der Waals surface area contributed by atoms with Gasteiger partial charge in [-0.3, -0.25) is 4.79 Å². The van der Waals surface area contributed by atoms with E-state index in [1.54, 1.807) is 14.2 Å². The Bertz CT molecular complexity index is 621. The topological polar surface area (TPSA) is 51.2 Å². The van der Waals surface area contributed by atoms with Gasteiger partial charge in [-0.05, 0) is 43.4 Å². The number of carbonyl (C=O) groups is 1. The van der Waals surface area contributed by atoms with Gasteiger partial charge >= 0.3 is 0 Å². The molecule has 0 unspecified atom stereocenters. The second-order valence-corrected chi connectivity index (χ2v) is 7.45. The Morgan fingerprint density at radius 2 is 1.63 bits per heavy atom. The van der Waals surface area contributed by atoms with Crippen molar-refractivity contribution in [1.29, 1.82) is 0 Å². The zero-order chi connectivity index (χ0) is 19.2. The van der Waals surface area contributed by atoms with E-state index in [0.717, 1.165) is 57.4 Å². The Morgan fingerprint density at radius 3 is 2.22 bits per heavy atom. The third kappa shape index (κ3) is 4.93. The summed E-state index contributed by atoms with van der Waals surface area (Å²) in [7, 11) is 5.04. The van der Waals surface area contributed by atoms with Gasteiger partial charge in [-0.25, -0.2) is 0 Å². The third-order valence-electron chi connectivity index (χ3n) is 5.95. The molecule has 0 bridgehead atoms. The highest BCUT2D eigenvalue weighted by atomic mass is 16.5. The van der Waals surface area contributed by atoms with Gasteiger partial charge in [0.1, 0.15) is 0 Å². The number of carbonyl (C=O) groups excluding carboxylic acids is 1. The normalized spacial score (nSPS) is 19.9. The molecule has 27 heavy (non-hydrogen) atoms. The highest BCUT2D eigenvalue weighted by Gasteiger charge is 2.29. The van der Waals surface area contributed by atoms with Crippen LogP contribution in [0.5, 0.6) is 11.5 Å². The molecule has 3 rings (SSSR count). The number of hydrogen-bond donors (Lipinski definition) is 0. The number of methoxy groups -OCH3 is 3. The van der Waals surface area contributed by atoms with E-state index >= 15 is 0 Å². The summed E-state index contributed by atoms with van der Waals surface area (Å²) in [6.07, 6.45) is 5.20. The fourth-order valence-corrected chi connectivity index (χ4v) is 4.23. The van der Waals surface area contributed by atoms with Gasteiger partial charge in [-0.1, -0.05) is 6.07 Å². The van der Waals surface area contributed by atoms with Crippen LogP contribution in [-0.2, 0) is 16.0 Å². The molecule has 0 atom stereocenters. The molecule has 2 heterocycles. The Labute approximate surface area is 162 Å². The molecular formula is C21H32N2O4. The number of hydrogen-bond acceptors (Lipinski definition) is 5. The van der Waals surface area contributed by atoms with Crippen LogP contribution in [0.1, 0.15) is 31.2 Å². The number of piperidine rings is 2. The summed E-state index contributed by atoms with van der Waals surface area (Å²) in [6, 6.07) is 6.29. The zero-order valence-electron chi connectivity index (χ0n) is 16.8. The van der Waals surface area contributed by atoms with Crippen molar-refractivity contribution in [2.24, 2.45) is 0 Å². The zero-order valence-corrected chi connectivity index (χ0v) is 16.8. The number of benzene rings is 1. The molecule has 2 fully saturated rings. The maximum Gasteiger partial charge on any atom is 0.226 e. The molecule has 2 aliphatic heterocycles. The van der Waals surface area contributed by atoms with Crippen molar-refractivity contribution in [2.45, 2.75) is 44.2 Å². The van der Waals surface area contributed by atoms with Crippen LogP contribution >= 0.6 is 0 Å². The largest absolute Gasteiger partial charge is 0.493 e. The lowest BCUT2D eigenvalue weighted by molar-refractivity contribution is -0.132. The Morgan fingerprint density at radius 1 is 0.963 bits per heavy atom. The van der Waals surface area contributed by atoms with Gasteiger partial charge in [0.2, 0.25) is 5.91 Å². The molecule has 1 aromatic rings. The molecule has 0 spiro atoms. The summed E-state index contributed by atoms with van der Waals surface area (Å²) in [5.74, 6) is 1.55. The first-order valence-electron chi connectivity index (χ1n) is 9.90. The van der Waals surface area contributed by atoms with E-state index in [1.165, 1.54) is 0 Å². The molecule has 1 aromatic carbocycles. The summed E-state index contributed by atoms with van der Waals surface area (Å²) < 4.78 is 16.1. The van der Waals surface area contributed by atoms with Crippen LogP contribution in [0.15, 0.2) is 18.2 Å². The molecule has 0 aromatic heterocycles. The molecule has 150 valence electrons. The minimum absolute atomic E-state index is 0.193. The molecule has 0 N–H and O–H groups in total. The quantitative estimate of drug-likeness (QED) is 0.763. The minimum atomic E-state index is 0.193. The number of nitrogens with zero attached hydrogens (tertiary/aromatic N) is 2. The monoisotopic (exact) mass is 376 g/mol. The number of amides is 1. The van der Waals surface area contributed by atoms with Crippen molar-refractivity contribution < 1.29 is 19.0 Å². The summed E-state index contributed by atoms with van der Waals surface area (Å²) in [5.41, 5.74) is 0.960. The lowest BCUT2D eigenvalue weighted by Gasteiger charge is -2.41. The van der Waals surface area contributed by atoms with Crippen molar-refractivity contribution in [2.75, 3.05) is 47.5 Å². The van der Waals surface area contributed by atoms with E-state index in [1.807, 2.05) is 30.2 Å². The fraction of sp³-hybridized carbons (Fsp3) is 0.667. The summed E-state index contributed by atoms with van der Waals surface area (Å²) in [5, 5.41) is 0. The van der Waals surface area contributed by atoms with Gasteiger partial charge in [0.25, 0.3) is 0 Å². The standard InChI is InChI=1S/C21H32N2O4/c1-25-18-8-12-22(13-9-18)17-6-10-23(11-7-17)21(24)15-16-4-5-19(26-2)20(14-16)27-3/h4-5,14,17-18H,6-13,15H2,1-3H3. The molecule has 6 nitrogen and oxygen atoms in total. The average molecular weight is 376 g/mol. The summed E-state index contributed by atoms with van der Waals surface area (Å²) in [4.78, 5) is 17.3. The molecule has 6 heteroatoms. The molecule has 1 amide bonds. The van der Waals surface area contributed by atoms with E-state index in [9.17, 15) is 4.79 Å². The van der Waals surface area contributed by atoms with Gasteiger partial charge in [0, 0.05) is 39.3 Å². The SMILES string of the molecule is COc1ccc(CC(=O)N2CCC(N3CCC(OC)CC3)CC2)cc1OC. The van der Waals surface area contributed by atoms with Crippen LogP contribution in [0.25, 0.3) is 0 Å². The van der Waals surface area contributed by atoms with E-state index < -0.39 is 0 Å². The van der Waals surface area contributed by atoms with Crippen LogP contribution < -0.4 is 9.47 Å². The first-order chi connectivity index (χ1) is 13.1.